The van der Waals surface area contributed by atoms with Gasteiger partial charge in [-0.2, -0.15) is 0 Å². The van der Waals surface area contributed by atoms with E-state index in [4.69, 9.17) is 16.3 Å². The molecule has 0 radical (unpaired) electrons. The van der Waals surface area contributed by atoms with Crippen LogP contribution in [0.2, 0.25) is 5.02 Å². The minimum atomic E-state index is -3.95. The van der Waals surface area contributed by atoms with Crippen molar-refractivity contribution < 1.29 is 32.3 Å². The molecule has 0 unspecified atom stereocenters. The number of carbonyl (C=O) groups is 2. The summed E-state index contributed by atoms with van der Waals surface area (Å²) in [5.74, 6) is -1.55. The van der Waals surface area contributed by atoms with Crippen LogP contribution in [-0.2, 0) is 29.1 Å². The lowest BCUT2D eigenvalue weighted by atomic mass is 10.2. The lowest BCUT2D eigenvalue weighted by Crippen LogP contribution is -2.26. The minimum Gasteiger partial charge on any atom is -0.463 e. The molecule has 1 aliphatic rings. The van der Waals surface area contributed by atoms with Gasteiger partial charge in [0.15, 0.2) is 0 Å². The van der Waals surface area contributed by atoms with Gasteiger partial charge in [-0.25, -0.2) is 18.0 Å². The number of esters is 2. The number of hydrogen-bond acceptors (Lipinski definition) is 7. The predicted molar refractivity (Wildman–Crippen MR) is 78.2 cm³/mol. The molecular weight excluding hydrogens is 350 g/mol. The molecule has 1 atom stereocenters. The number of carbonyl (C=O) groups excluding carboxylic acids is 2. The van der Waals surface area contributed by atoms with Gasteiger partial charge in [-0.15, -0.1) is 0 Å². The van der Waals surface area contributed by atoms with Gasteiger partial charge in [0, 0.05) is 13.5 Å². The smallest absolute Gasteiger partial charge is 0.347 e. The Morgan fingerprint density at radius 3 is 2.70 bits per heavy atom. The van der Waals surface area contributed by atoms with Crippen molar-refractivity contribution in [1.82, 2.24) is 4.47 Å². The second-order valence-corrected chi connectivity index (χ2v) is 6.93. The van der Waals surface area contributed by atoms with Crippen LogP contribution in [0.3, 0.4) is 0 Å². The van der Waals surface area contributed by atoms with Gasteiger partial charge in [-0.05, 0) is 18.2 Å². The summed E-state index contributed by atoms with van der Waals surface area (Å²) < 4.78 is 34.7. The van der Waals surface area contributed by atoms with E-state index >= 15 is 0 Å². The molecule has 8 nitrogen and oxygen atoms in total. The van der Waals surface area contributed by atoms with E-state index in [0.717, 1.165) is 6.07 Å². The Labute approximate surface area is 137 Å². The first-order valence-corrected chi connectivity index (χ1v) is 8.29. The van der Waals surface area contributed by atoms with Crippen molar-refractivity contribution in [2.24, 2.45) is 0 Å². The van der Waals surface area contributed by atoms with Gasteiger partial charge in [0.25, 0.3) is 10.0 Å². The zero-order valence-electron chi connectivity index (χ0n) is 12.3. The van der Waals surface area contributed by atoms with E-state index in [9.17, 15) is 18.0 Å². The molecule has 0 saturated carbocycles. The first-order valence-electron chi connectivity index (χ1n) is 6.47. The number of hydrogen-bond donors (Lipinski definition) is 0. The van der Waals surface area contributed by atoms with E-state index in [1.807, 2.05) is 0 Å². The lowest BCUT2D eigenvalue weighted by Gasteiger charge is -2.15. The number of rotatable bonds is 5. The Morgan fingerprint density at radius 1 is 1.43 bits per heavy atom. The highest BCUT2D eigenvalue weighted by atomic mass is 35.5. The van der Waals surface area contributed by atoms with Gasteiger partial charge in [-0.1, -0.05) is 16.1 Å². The maximum absolute atomic E-state index is 12.2. The average molecular weight is 364 g/mol. The van der Waals surface area contributed by atoms with Gasteiger partial charge in [0.1, 0.15) is 0 Å². The van der Waals surface area contributed by atoms with Gasteiger partial charge in [-0.3, -0.25) is 4.84 Å². The molecule has 10 heteroatoms. The number of hydroxylamine groups is 1. The van der Waals surface area contributed by atoms with Crippen molar-refractivity contribution in [2.75, 3.05) is 20.8 Å². The van der Waals surface area contributed by atoms with E-state index in [1.54, 1.807) is 0 Å². The summed E-state index contributed by atoms with van der Waals surface area (Å²) in [7, 11) is -1.55. The van der Waals surface area contributed by atoms with Crippen LogP contribution in [0.4, 0.5) is 0 Å². The summed E-state index contributed by atoms with van der Waals surface area (Å²) in [4.78, 5) is 27.9. The van der Waals surface area contributed by atoms with E-state index in [2.05, 4.69) is 9.57 Å². The molecule has 126 valence electrons. The molecule has 0 aliphatic carbocycles. The number of nitrogens with zero attached hydrogens (tertiary/aromatic N) is 1. The maximum Gasteiger partial charge on any atom is 0.347 e. The van der Waals surface area contributed by atoms with Crippen molar-refractivity contribution >= 4 is 33.6 Å². The Hall–Kier alpha value is -1.68. The third-order valence-electron chi connectivity index (χ3n) is 3.19. The Kier molecular flexibility index (Phi) is 5.25. The van der Waals surface area contributed by atoms with E-state index in [1.165, 1.54) is 26.3 Å². The number of halogens is 1. The fourth-order valence-electron chi connectivity index (χ4n) is 1.84. The van der Waals surface area contributed by atoms with Crippen molar-refractivity contribution in [1.29, 1.82) is 0 Å². The van der Waals surface area contributed by atoms with Crippen LogP contribution >= 0.6 is 11.6 Å². The lowest BCUT2D eigenvalue weighted by molar-refractivity contribution is -0.145. The number of ether oxygens (including phenoxy) is 2. The van der Waals surface area contributed by atoms with Crippen LogP contribution in [0.15, 0.2) is 23.1 Å². The monoisotopic (exact) mass is 363 g/mol. The highest BCUT2D eigenvalue weighted by Crippen LogP contribution is 2.24. The fourth-order valence-corrected chi connectivity index (χ4v) is 3.04. The van der Waals surface area contributed by atoms with Crippen molar-refractivity contribution in [3.63, 3.8) is 0 Å². The van der Waals surface area contributed by atoms with E-state index in [-0.39, 0.29) is 28.5 Å². The third-order valence-corrected chi connectivity index (χ3v) is 5.19. The molecular formula is C13H14ClNO7S. The third kappa shape index (κ3) is 3.63. The molecule has 0 bridgehead atoms. The molecule has 1 saturated heterocycles. The first kappa shape index (κ1) is 17.7. The second-order valence-electron chi connectivity index (χ2n) is 4.59. The quantitative estimate of drug-likeness (QED) is 0.568. The van der Waals surface area contributed by atoms with Crippen LogP contribution in [0.5, 0.6) is 0 Å². The molecule has 1 aliphatic heterocycles. The average Bonchev–Trinajstić information content (AvgIpc) is 2.91. The molecule has 1 aromatic carbocycles. The summed E-state index contributed by atoms with van der Waals surface area (Å²) in [5, 5.41) is 0.000356. The Bertz CT molecular complexity index is 734. The zero-order valence-corrected chi connectivity index (χ0v) is 13.9. The summed E-state index contributed by atoms with van der Waals surface area (Å²) in [6, 6.07) is 3.55. The zero-order chi connectivity index (χ0) is 17.2. The van der Waals surface area contributed by atoms with Gasteiger partial charge < -0.3 is 9.47 Å². The number of sulfonamides is 1. The highest BCUT2D eigenvalue weighted by Gasteiger charge is 2.32. The maximum atomic E-state index is 12.2. The van der Waals surface area contributed by atoms with Gasteiger partial charge in [0.2, 0.25) is 6.10 Å². The Morgan fingerprint density at radius 2 is 2.13 bits per heavy atom. The second kappa shape index (κ2) is 6.83. The number of cyclic esters (lactones) is 1. The molecule has 23 heavy (non-hydrogen) atoms. The molecule has 0 spiro atoms. The van der Waals surface area contributed by atoms with Crippen LogP contribution in [0, 0.1) is 0 Å². The summed E-state index contributed by atoms with van der Waals surface area (Å²) >= 11 is 5.92. The van der Waals surface area contributed by atoms with Gasteiger partial charge >= 0.3 is 11.9 Å². The van der Waals surface area contributed by atoms with Crippen molar-refractivity contribution in [3.8, 4) is 0 Å². The van der Waals surface area contributed by atoms with E-state index in [0.29, 0.717) is 4.47 Å². The van der Waals surface area contributed by atoms with Crippen LogP contribution in [0.25, 0.3) is 0 Å². The molecule has 1 fully saturated rings. The molecule has 1 heterocycles. The van der Waals surface area contributed by atoms with Crippen molar-refractivity contribution in [2.45, 2.75) is 17.4 Å². The SMILES string of the molecule is CON(C)S(=O)(=O)c1ccc(Cl)c(C(=O)O[C@@H]2CCOC2=O)c1. The van der Waals surface area contributed by atoms with Gasteiger partial charge in [0.05, 0.1) is 29.2 Å². The predicted octanol–water partition coefficient (Wildman–Crippen LogP) is 0.994. The summed E-state index contributed by atoms with van der Waals surface area (Å²) in [6.07, 6.45) is -0.771. The first-order chi connectivity index (χ1) is 10.8. The molecule has 0 aromatic heterocycles. The topological polar surface area (TPSA) is 99.2 Å². The summed E-state index contributed by atoms with van der Waals surface area (Å²) in [6.45, 7) is 0.164. The van der Waals surface area contributed by atoms with Crippen LogP contribution < -0.4 is 0 Å². The largest absolute Gasteiger partial charge is 0.463 e. The van der Waals surface area contributed by atoms with Crippen LogP contribution in [0.1, 0.15) is 16.8 Å². The molecule has 0 amide bonds. The minimum absolute atomic E-state index is 0.000356. The van der Waals surface area contributed by atoms with Crippen molar-refractivity contribution in [3.05, 3.63) is 28.8 Å². The summed E-state index contributed by atoms with van der Waals surface area (Å²) in [5.41, 5.74) is -0.169. The Balaban J connectivity index is 2.30. The fraction of sp³-hybridized carbons (Fsp3) is 0.385. The van der Waals surface area contributed by atoms with E-state index < -0.39 is 28.1 Å². The number of benzene rings is 1. The standard InChI is InChI=1S/C13H14ClNO7S/c1-15(20-2)23(18,19)8-3-4-10(14)9(7-8)12(16)22-11-5-6-21-13(11)17/h3-4,7,11H,5-6H2,1-2H3/t11-/m1/s1. The normalized spacial score (nSPS) is 18.1. The van der Waals surface area contributed by atoms with Crippen LogP contribution in [-0.4, -0.2) is 51.7 Å². The molecule has 1 aromatic rings. The highest BCUT2D eigenvalue weighted by molar-refractivity contribution is 7.89. The molecule has 2 rings (SSSR count). The molecule has 0 N–H and O–H groups in total.